The number of ether oxygens (including phenoxy) is 1. The SMILES string of the molecule is CC(C(=O)O)S(=O)CC1CCCO1. The minimum Gasteiger partial charge on any atom is -0.480 e. The minimum absolute atomic E-state index is 0.00244. The highest BCUT2D eigenvalue weighted by Crippen LogP contribution is 2.14. The molecule has 0 aromatic carbocycles. The highest BCUT2D eigenvalue weighted by atomic mass is 32.2. The van der Waals surface area contributed by atoms with Crippen LogP contribution in [-0.2, 0) is 20.3 Å². The highest BCUT2D eigenvalue weighted by Gasteiger charge is 2.24. The van der Waals surface area contributed by atoms with Gasteiger partial charge in [-0.25, -0.2) is 0 Å². The fourth-order valence-electron chi connectivity index (χ4n) is 1.22. The van der Waals surface area contributed by atoms with E-state index in [2.05, 4.69) is 0 Å². The maximum Gasteiger partial charge on any atom is 0.318 e. The normalized spacial score (nSPS) is 27.0. The summed E-state index contributed by atoms with van der Waals surface area (Å²) >= 11 is 0. The van der Waals surface area contributed by atoms with E-state index in [1.165, 1.54) is 6.92 Å². The van der Waals surface area contributed by atoms with E-state index >= 15 is 0 Å². The second-order valence-electron chi connectivity index (χ2n) is 3.16. The Hall–Kier alpha value is -0.420. The van der Waals surface area contributed by atoms with Crippen molar-refractivity contribution < 1.29 is 18.8 Å². The lowest BCUT2D eigenvalue weighted by molar-refractivity contribution is -0.136. The molecular formula is C8H14O4S. The Balaban J connectivity index is 2.35. The standard InChI is InChI=1S/C8H14O4S/c1-6(8(9)10)13(11)5-7-3-2-4-12-7/h6-7H,2-5H2,1H3,(H,9,10). The molecule has 1 aliphatic heterocycles. The Morgan fingerprint density at radius 2 is 2.46 bits per heavy atom. The van der Waals surface area contributed by atoms with Gasteiger partial charge in [-0.3, -0.25) is 9.00 Å². The van der Waals surface area contributed by atoms with E-state index in [-0.39, 0.29) is 6.10 Å². The smallest absolute Gasteiger partial charge is 0.318 e. The molecule has 13 heavy (non-hydrogen) atoms. The Labute approximate surface area is 79.7 Å². The van der Waals surface area contributed by atoms with Crippen molar-refractivity contribution in [2.45, 2.75) is 31.1 Å². The molecule has 1 heterocycles. The molecule has 0 bridgehead atoms. The van der Waals surface area contributed by atoms with Crippen LogP contribution in [0.25, 0.3) is 0 Å². The Bertz CT molecular complexity index is 210. The van der Waals surface area contributed by atoms with Gasteiger partial charge >= 0.3 is 5.97 Å². The first-order chi connectivity index (χ1) is 6.11. The zero-order valence-corrected chi connectivity index (χ0v) is 8.38. The predicted octanol–water partition coefficient (Wildman–Crippen LogP) is 0.387. The molecule has 3 atom stereocenters. The summed E-state index contributed by atoms with van der Waals surface area (Å²) in [6.07, 6.45) is 1.89. The number of carboxylic acid groups (broad SMARTS) is 1. The summed E-state index contributed by atoms with van der Waals surface area (Å²) in [5.41, 5.74) is 0. The largest absolute Gasteiger partial charge is 0.480 e. The molecule has 0 amide bonds. The van der Waals surface area contributed by atoms with Crippen LogP contribution in [0.2, 0.25) is 0 Å². The fraction of sp³-hybridized carbons (Fsp3) is 0.875. The van der Waals surface area contributed by atoms with Crippen molar-refractivity contribution in [1.82, 2.24) is 0 Å². The van der Waals surface area contributed by atoms with Crippen LogP contribution >= 0.6 is 0 Å². The van der Waals surface area contributed by atoms with Crippen LogP contribution in [0.4, 0.5) is 0 Å². The van der Waals surface area contributed by atoms with E-state index in [1.807, 2.05) is 0 Å². The lowest BCUT2D eigenvalue weighted by Crippen LogP contribution is -2.28. The Kier molecular flexibility index (Phi) is 3.87. The molecule has 0 radical (unpaired) electrons. The topological polar surface area (TPSA) is 63.6 Å². The second kappa shape index (κ2) is 4.72. The van der Waals surface area contributed by atoms with Crippen LogP contribution in [0, 0.1) is 0 Å². The maximum atomic E-state index is 11.4. The first-order valence-corrected chi connectivity index (χ1v) is 5.71. The van der Waals surface area contributed by atoms with Crippen molar-refractivity contribution in [3.8, 4) is 0 Å². The number of hydrogen-bond acceptors (Lipinski definition) is 3. The van der Waals surface area contributed by atoms with Crippen LogP contribution < -0.4 is 0 Å². The fourth-order valence-corrected chi connectivity index (χ4v) is 2.36. The third-order valence-electron chi connectivity index (χ3n) is 2.12. The zero-order chi connectivity index (χ0) is 9.84. The van der Waals surface area contributed by atoms with E-state index in [4.69, 9.17) is 9.84 Å². The average molecular weight is 206 g/mol. The predicted molar refractivity (Wildman–Crippen MR) is 49.1 cm³/mol. The average Bonchev–Trinajstić information content (AvgIpc) is 2.55. The van der Waals surface area contributed by atoms with Crippen LogP contribution in [0.1, 0.15) is 19.8 Å². The monoisotopic (exact) mass is 206 g/mol. The lowest BCUT2D eigenvalue weighted by Gasteiger charge is -2.11. The van der Waals surface area contributed by atoms with Crippen molar-refractivity contribution in [3.63, 3.8) is 0 Å². The van der Waals surface area contributed by atoms with Gasteiger partial charge in [0.05, 0.1) is 11.9 Å². The summed E-state index contributed by atoms with van der Waals surface area (Å²) in [6.45, 7) is 2.18. The number of rotatable bonds is 4. The molecule has 1 saturated heterocycles. The molecule has 1 fully saturated rings. The van der Waals surface area contributed by atoms with Gasteiger partial charge in [-0.1, -0.05) is 0 Å². The molecule has 1 N–H and O–H groups in total. The van der Waals surface area contributed by atoms with Crippen molar-refractivity contribution >= 4 is 16.8 Å². The van der Waals surface area contributed by atoms with Gasteiger partial charge in [0, 0.05) is 17.4 Å². The third kappa shape index (κ3) is 3.08. The third-order valence-corrected chi connectivity index (χ3v) is 3.81. The van der Waals surface area contributed by atoms with E-state index in [0.717, 1.165) is 12.8 Å². The molecule has 5 heteroatoms. The van der Waals surface area contributed by atoms with Crippen LogP contribution in [0.3, 0.4) is 0 Å². The molecule has 0 aromatic rings. The van der Waals surface area contributed by atoms with Crippen LogP contribution in [0.5, 0.6) is 0 Å². The molecule has 0 aliphatic carbocycles. The summed E-state index contributed by atoms with van der Waals surface area (Å²) in [6, 6.07) is 0. The summed E-state index contributed by atoms with van der Waals surface area (Å²) in [7, 11) is -1.31. The van der Waals surface area contributed by atoms with Gasteiger partial charge in [0.25, 0.3) is 0 Å². The van der Waals surface area contributed by atoms with E-state index in [0.29, 0.717) is 12.4 Å². The van der Waals surface area contributed by atoms with E-state index in [1.54, 1.807) is 0 Å². The van der Waals surface area contributed by atoms with Gasteiger partial charge in [0.15, 0.2) is 0 Å². The molecule has 1 aliphatic rings. The van der Waals surface area contributed by atoms with Gasteiger partial charge in [-0.2, -0.15) is 0 Å². The van der Waals surface area contributed by atoms with Crippen molar-refractivity contribution in [2.75, 3.05) is 12.4 Å². The molecular weight excluding hydrogens is 192 g/mol. The van der Waals surface area contributed by atoms with Gasteiger partial charge in [-0.05, 0) is 19.8 Å². The molecule has 3 unspecified atom stereocenters. The number of aliphatic carboxylic acids is 1. The highest BCUT2D eigenvalue weighted by molar-refractivity contribution is 7.86. The zero-order valence-electron chi connectivity index (χ0n) is 7.56. The second-order valence-corrected chi connectivity index (χ2v) is 4.96. The molecule has 0 spiro atoms. The molecule has 76 valence electrons. The first kappa shape index (κ1) is 10.7. The summed E-state index contributed by atoms with van der Waals surface area (Å²) in [5, 5.41) is 7.80. The molecule has 1 rings (SSSR count). The van der Waals surface area contributed by atoms with Crippen molar-refractivity contribution in [1.29, 1.82) is 0 Å². The maximum absolute atomic E-state index is 11.4. The van der Waals surface area contributed by atoms with Crippen LogP contribution in [-0.4, -0.2) is 39.0 Å². The van der Waals surface area contributed by atoms with Crippen molar-refractivity contribution in [2.24, 2.45) is 0 Å². The Morgan fingerprint density at radius 1 is 1.77 bits per heavy atom. The first-order valence-electron chi connectivity index (χ1n) is 4.33. The number of carboxylic acids is 1. The van der Waals surface area contributed by atoms with Crippen LogP contribution in [0.15, 0.2) is 0 Å². The van der Waals surface area contributed by atoms with Gasteiger partial charge in [0.1, 0.15) is 5.25 Å². The molecule has 4 nitrogen and oxygen atoms in total. The van der Waals surface area contributed by atoms with Crippen molar-refractivity contribution in [3.05, 3.63) is 0 Å². The van der Waals surface area contributed by atoms with Gasteiger partial charge < -0.3 is 9.84 Å². The molecule has 0 aromatic heterocycles. The Morgan fingerprint density at radius 3 is 2.92 bits per heavy atom. The number of carbonyl (C=O) groups is 1. The summed E-state index contributed by atoms with van der Waals surface area (Å²) < 4.78 is 16.7. The summed E-state index contributed by atoms with van der Waals surface area (Å²) in [5.74, 6) is -0.649. The molecule has 0 saturated carbocycles. The van der Waals surface area contributed by atoms with Gasteiger partial charge in [0.2, 0.25) is 0 Å². The minimum atomic E-state index is -1.31. The lowest BCUT2D eigenvalue weighted by atomic mass is 10.3. The number of hydrogen-bond donors (Lipinski definition) is 1. The quantitative estimate of drug-likeness (QED) is 0.722. The summed E-state index contributed by atoms with van der Waals surface area (Å²) in [4.78, 5) is 10.5. The van der Waals surface area contributed by atoms with E-state index < -0.39 is 22.0 Å². The van der Waals surface area contributed by atoms with E-state index in [9.17, 15) is 9.00 Å². The van der Waals surface area contributed by atoms with Gasteiger partial charge in [-0.15, -0.1) is 0 Å².